The van der Waals surface area contributed by atoms with E-state index >= 15 is 0 Å². The first-order chi connectivity index (χ1) is 10.3. The van der Waals surface area contributed by atoms with E-state index in [9.17, 15) is 9.59 Å². The number of benzene rings is 1. The molecule has 0 aliphatic rings. The minimum Gasteiger partial charge on any atom is -0.480 e. The highest BCUT2D eigenvalue weighted by Crippen LogP contribution is 2.18. The van der Waals surface area contributed by atoms with E-state index < -0.39 is 12.0 Å². The number of esters is 1. The third-order valence-corrected chi connectivity index (χ3v) is 2.80. The van der Waals surface area contributed by atoms with Gasteiger partial charge in [0.05, 0.1) is 6.54 Å². The van der Waals surface area contributed by atoms with Gasteiger partial charge in [-0.3, -0.25) is 4.79 Å². The molecule has 0 saturated carbocycles. The van der Waals surface area contributed by atoms with Gasteiger partial charge in [0, 0.05) is 5.69 Å². The van der Waals surface area contributed by atoms with Crippen molar-refractivity contribution >= 4 is 17.6 Å². The standard InChI is InChI=1S/C14H17NO2.C2H5NO2/c1-5-9-17-14(16)12(4)15-13-8-6-7-10(2)11(13)3;3-1-2(4)5/h1,6-8,12,15H,9H2,2-4H3;1,3H2,(H,4,5)/t12-;/m0./s1. The predicted octanol–water partition coefficient (Wildman–Crippen LogP) is 1.31. The maximum absolute atomic E-state index is 11.5. The van der Waals surface area contributed by atoms with Crippen molar-refractivity contribution in [3.63, 3.8) is 0 Å². The lowest BCUT2D eigenvalue weighted by Crippen LogP contribution is -2.28. The monoisotopic (exact) mass is 306 g/mol. The van der Waals surface area contributed by atoms with Gasteiger partial charge in [-0.1, -0.05) is 18.1 Å². The van der Waals surface area contributed by atoms with Gasteiger partial charge in [0.2, 0.25) is 0 Å². The summed E-state index contributed by atoms with van der Waals surface area (Å²) >= 11 is 0. The molecule has 0 aliphatic carbocycles. The predicted molar refractivity (Wildman–Crippen MR) is 85.5 cm³/mol. The number of anilines is 1. The number of carbonyl (C=O) groups is 2. The molecule has 0 saturated heterocycles. The number of carboxylic acids is 1. The summed E-state index contributed by atoms with van der Waals surface area (Å²) < 4.78 is 4.86. The van der Waals surface area contributed by atoms with Crippen LogP contribution in [0.5, 0.6) is 0 Å². The zero-order valence-electron chi connectivity index (χ0n) is 13.1. The number of carboxylic acid groups (broad SMARTS) is 1. The van der Waals surface area contributed by atoms with Crippen molar-refractivity contribution < 1.29 is 19.4 Å². The Morgan fingerprint density at radius 3 is 2.55 bits per heavy atom. The highest BCUT2D eigenvalue weighted by atomic mass is 16.5. The molecule has 22 heavy (non-hydrogen) atoms. The molecule has 0 radical (unpaired) electrons. The maximum atomic E-state index is 11.5. The smallest absolute Gasteiger partial charge is 0.329 e. The van der Waals surface area contributed by atoms with Crippen LogP contribution < -0.4 is 11.1 Å². The molecule has 0 unspecified atom stereocenters. The van der Waals surface area contributed by atoms with Crippen LogP contribution in [0.1, 0.15) is 18.1 Å². The summed E-state index contributed by atoms with van der Waals surface area (Å²) in [5.41, 5.74) is 7.82. The second-order valence-corrected chi connectivity index (χ2v) is 4.52. The van der Waals surface area contributed by atoms with Crippen molar-refractivity contribution in [1.29, 1.82) is 0 Å². The summed E-state index contributed by atoms with van der Waals surface area (Å²) in [5, 5.41) is 10.7. The SMILES string of the molecule is C#CCOC(=O)[C@H](C)Nc1cccc(C)c1C.NCC(=O)O. The van der Waals surface area contributed by atoms with E-state index in [4.69, 9.17) is 16.3 Å². The van der Waals surface area contributed by atoms with Gasteiger partial charge in [-0.05, 0) is 38.0 Å². The van der Waals surface area contributed by atoms with Crippen molar-refractivity contribution in [2.45, 2.75) is 26.8 Å². The molecule has 0 aromatic heterocycles. The first-order valence-electron chi connectivity index (χ1n) is 6.68. The molecule has 0 spiro atoms. The number of hydrogen-bond donors (Lipinski definition) is 3. The van der Waals surface area contributed by atoms with E-state index in [0.717, 1.165) is 11.3 Å². The van der Waals surface area contributed by atoms with Gasteiger partial charge in [-0.15, -0.1) is 6.42 Å². The normalized spacial score (nSPS) is 10.5. The molecule has 120 valence electrons. The number of nitrogens with one attached hydrogen (secondary N) is 1. The summed E-state index contributed by atoms with van der Waals surface area (Å²) in [6.45, 7) is 5.53. The average molecular weight is 306 g/mol. The Kier molecular flexibility index (Phi) is 9.07. The zero-order chi connectivity index (χ0) is 17.1. The van der Waals surface area contributed by atoms with E-state index in [2.05, 4.69) is 17.0 Å². The number of carbonyl (C=O) groups excluding carboxylic acids is 1. The number of ether oxygens (including phenoxy) is 1. The molecular weight excluding hydrogens is 284 g/mol. The topological polar surface area (TPSA) is 102 Å². The Labute approximate surface area is 130 Å². The van der Waals surface area contributed by atoms with Crippen LogP contribution in [0.4, 0.5) is 5.69 Å². The highest BCUT2D eigenvalue weighted by Gasteiger charge is 2.14. The molecule has 1 rings (SSSR count). The number of rotatable bonds is 5. The fourth-order valence-electron chi connectivity index (χ4n) is 1.44. The summed E-state index contributed by atoms with van der Waals surface area (Å²) in [7, 11) is 0. The van der Waals surface area contributed by atoms with Crippen molar-refractivity contribution in [2.24, 2.45) is 5.73 Å². The fourth-order valence-corrected chi connectivity index (χ4v) is 1.44. The lowest BCUT2D eigenvalue weighted by atomic mass is 10.1. The summed E-state index contributed by atoms with van der Waals surface area (Å²) in [6.07, 6.45) is 5.03. The summed E-state index contributed by atoms with van der Waals surface area (Å²) in [6, 6.07) is 5.50. The molecule has 0 fully saturated rings. The highest BCUT2D eigenvalue weighted by molar-refractivity contribution is 5.79. The van der Waals surface area contributed by atoms with E-state index in [1.807, 2.05) is 32.0 Å². The second-order valence-electron chi connectivity index (χ2n) is 4.52. The molecule has 6 nitrogen and oxygen atoms in total. The van der Waals surface area contributed by atoms with Crippen LogP contribution in [0, 0.1) is 26.2 Å². The second kappa shape index (κ2) is 10.2. The van der Waals surface area contributed by atoms with Crippen LogP contribution in [0.3, 0.4) is 0 Å². The Hall–Kier alpha value is -2.52. The lowest BCUT2D eigenvalue weighted by molar-refractivity contribution is -0.142. The van der Waals surface area contributed by atoms with E-state index in [1.54, 1.807) is 6.92 Å². The number of hydrogen-bond acceptors (Lipinski definition) is 5. The van der Waals surface area contributed by atoms with E-state index in [1.165, 1.54) is 5.56 Å². The van der Waals surface area contributed by atoms with Crippen molar-refractivity contribution in [3.8, 4) is 12.3 Å². The van der Waals surface area contributed by atoms with Gasteiger partial charge in [-0.2, -0.15) is 0 Å². The van der Waals surface area contributed by atoms with E-state index in [0.29, 0.717) is 0 Å². The Balaban J connectivity index is 0.000000763. The first kappa shape index (κ1) is 19.5. The summed E-state index contributed by atoms with van der Waals surface area (Å²) in [5.74, 6) is 0.956. The van der Waals surface area contributed by atoms with Crippen molar-refractivity contribution in [3.05, 3.63) is 29.3 Å². The summed E-state index contributed by atoms with van der Waals surface area (Å²) in [4.78, 5) is 20.8. The molecule has 0 heterocycles. The van der Waals surface area contributed by atoms with Gasteiger partial charge in [-0.25, -0.2) is 4.79 Å². The van der Waals surface area contributed by atoms with Crippen molar-refractivity contribution in [1.82, 2.24) is 0 Å². The van der Waals surface area contributed by atoms with Crippen LogP contribution in [0.25, 0.3) is 0 Å². The molecule has 6 heteroatoms. The van der Waals surface area contributed by atoms with Gasteiger partial charge in [0.1, 0.15) is 6.04 Å². The third kappa shape index (κ3) is 7.31. The molecule has 0 amide bonds. The van der Waals surface area contributed by atoms with Crippen LogP contribution >= 0.6 is 0 Å². The Morgan fingerprint density at radius 1 is 1.45 bits per heavy atom. The van der Waals surface area contributed by atoms with Crippen LogP contribution in [-0.2, 0) is 14.3 Å². The Bertz CT molecular complexity index is 550. The van der Waals surface area contributed by atoms with Gasteiger partial charge in [0.15, 0.2) is 6.61 Å². The van der Waals surface area contributed by atoms with E-state index in [-0.39, 0.29) is 19.1 Å². The molecule has 4 N–H and O–H groups in total. The van der Waals surface area contributed by atoms with Gasteiger partial charge >= 0.3 is 11.9 Å². The lowest BCUT2D eigenvalue weighted by Gasteiger charge is -2.16. The van der Waals surface area contributed by atoms with Crippen LogP contribution in [-0.4, -0.2) is 36.2 Å². The first-order valence-corrected chi connectivity index (χ1v) is 6.68. The van der Waals surface area contributed by atoms with Gasteiger partial charge < -0.3 is 20.9 Å². The molecule has 1 aromatic rings. The third-order valence-electron chi connectivity index (χ3n) is 2.80. The average Bonchev–Trinajstić information content (AvgIpc) is 2.49. The largest absolute Gasteiger partial charge is 0.480 e. The number of nitrogens with two attached hydrogens (primary N) is 1. The van der Waals surface area contributed by atoms with Crippen molar-refractivity contribution in [2.75, 3.05) is 18.5 Å². The number of terminal acetylenes is 1. The van der Waals surface area contributed by atoms with Crippen LogP contribution in [0.15, 0.2) is 18.2 Å². The number of aryl methyl sites for hydroxylation is 1. The minimum absolute atomic E-state index is 0.0116. The molecule has 1 atom stereocenters. The van der Waals surface area contributed by atoms with Gasteiger partial charge in [0.25, 0.3) is 0 Å². The maximum Gasteiger partial charge on any atom is 0.329 e. The quantitative estimate of drug-likeness (QED) is 0.560. The van der Waals surface area contributed by atoms with Crippen LogP contribution in [0.2, 0.25) is 0 Å². The fraction of sp³-hybridized carbons (Fsp3) is 0.375. The Morgan fingerprint density at radius 2 is 2.05 bits per heavy atom. The molecule has 0 aliphatic heterocycles. The minimum atomic E-state index is -0.968. The molecule has 0 bridgehead atoms. The molecule has 1 aromatic carbocycles. The molecular formula is C16H22N2O4. The zero-order valence-corrected chi connectivity index (χ0v) is 13.1. The number of aliphatic carboxylic acids is 1.